The van der Waals surface area contributed by atoms with Crippen LogP contribution in [-0.4, -0.2) is 9.97 Å². The standard InChI is InChI=1S/C18H17N3O.ClH/c19-12-15-11-17(14-7-3-1-4-8-14)21-18(20-15)13-22-16-9-5-2-6-10-16;/h1-11H,12-13,19H2;1H. The number of para-hydroxylation sites is 1. The van der Waals surface area contributed by atoms with Crippen molar-refractivity contribution in [1.82, 2.24) is 9.97 Å². The van der Waals surface area contributed by atoms with E-state index >= 15 is 0 Å². The van der Waals surface area contributed by atoms with Gasteiger partial charge in [0.05, 0.1) is 11.4 Å². The molecule has 0 fully saturated rings. The van der Waals surface area contributed by atoms with E-state index in [0.717, 1.165) is 22.7 Å². The van der Waals surface area contributed by atoms with Crippen LogP contribution in [0.2, 0.25) is 0 Å². The zero-order valence-corrected chi connectivity index (χ0v) is 13.4. The summed E-state index contributed by atoms with van der Waals surface area (Å²) < 4.78 is 5.72. The minimum Gasteiger partial charge on any atom is -0.486 e. The molecule has 0 amide bonds. The molecule has 0 aliphatic rings. The molecule has 5 heteroatoms. The van der Waals surface area contributed by atoms with Crippen LogP contribution in [0.25, 0.3) is 11.3 Å². The number of nitrogens with zero attached hydrogens (tertiary/aromatic N) is 2. The smallest absolute Gasteiger partial charge is 0.166 e. The average molecular weight is 328 g/mol. The van der Waals surface area contributed by atoms with Crippen molar-refractivity contribution >= 4 is 12.4 Å². The molecule has 0 bridgehead atoms. The molecular formula is C18H18ClN3O. The van der Waals surface area contributed by atoms with Crippen molar-refractivity contribution in [3.05, 3.63) is 78.2 Å². The second-order valence-electron chi connectivity index (χ2n) is 4.83. The minimum absolute atomic E-state index is 0. The maximum Gasteiger partial charge on any atom is 0.166 e. The van der Waals surface area contributed by atoms with Crippen molar-refractivity contribution in [2.45, 2.75) is 13.2 Å². The van der Waals surface area contributed by atoms with Gasteiger partial charge in [-0.1, -0.05) is 48.5 Å². The van der Waals surface area contributed by atoms with Gasteiger partial charge in [0.2, 0.25) is 0 Å². The Hall–Kier alpha value is -2.43. The van der Waals surface area contributed by atoms with E-state index in [0.29, 0.717) is 19.0 Å². The molecule has 0 aliphatic carbocycles. The summed E-state index contributed by atoms with van der Waals surface area (Å²) in [4.78, 5) is 9.01. The van der Waals surface area contributed by atoms with Gasteiger partial charge in [0.25, 0.3) is 0 Å². The summed E-state index contributed by atoms with van der Waals surface area (Å²) >= 11 is 0. The fourth-order valence-electron chi connectivity index (χ4n) is 2.14. The Labute approximate surface area is 141 Å². The second kappa shape index (κ2) is 8.27. The normalized spacial score (nSPS) is 9.96. The number of halogens is 1. The highest BCUT2D eigenvalue weighted by molar-refractivity contribution is 5.85. The molecule has 1 aromatic heterocycles. The minimum atomic E-state index is 0. The van der Waals surface area contributed by atoms with Crippen LogP contribution in [0.1, 0.15) is 11.5 Å². The van der Waals surface area contributed by atoms with E-state index in [1.165, 1.54) is 0 Å². The van der Waals surface area contributed by atoms with Gasteiger partial charge in [-0.05, 0) is 18.2 Å². The molecule has 0 unspecified atom stereocenters. The van der Waals surface area contributed by atoms with Crippen molar-refractivity contribution in [2.24, 2.45) is 5.73 Å². The maximum absolute atomic E-state index is 5.74. The molecular weight excluding hydrogens is 310 g/mol. The number of ether oxygens (including phenoxy) is 1. The molecule has 23 heavy (non-hydrogen) atoms. The van der Waals surface area contributed by atoms with Crippen LogP contribution in [0.5, 0.6) is 5.75 Å². The zero-order valence-electron chi connectivity index (χ0n) is 12.6. The fraction of sp³-hybridized carbons (Fsp3) is 0.111. The predicted octanol–water partition coefficient (Wildman–Crippen LogP) is 3.60. The predicted molar refractivity (Wildman–Crippen MR) is 93.4 cm³/mol. The number of benzene rings is 2. The van der Waals surface area contributed by atoms with Crippen molar-refractivity contribution in [3.63, 3.8) is 0 Å². The third-order valence-corrected chi connectivity index (χ3v) is 3.22. The van der Waals surface area contributed by atoms with E-state index < -0.39 is 0 Å². The average Bonchev–Trinajstić information content (AvgIpc) is 2.61. The van der Waals surface area contributed by atoms with Crippen LogP contribution in [0, 0.1) is 0 Å². The van der Waals surface area contributed by atoms with Gasteiger partial charge in [-0.15, -0.1) is 12.4 Å². The Bertz CT molecular complexity index is 736. The highest BCUT2D eigenvalue weighted by atomic mass is 35.5. The fourth-order valence-corrected chi connectivity index (χ4v) is 2.14. The molecule has 0 spiro atoms. The Morgan fingerprint density at radius 2 is 1.52 bits per heavy atom. The Balaban J connectivity index is 0.00000192. The highest BCUT2D eigenvalue weighted by Gasteiger charge is 2.06. The lowest BCUT2D eigenvalue weighted by Gasteiger charge is -2.09. The van der Waals surface area contributed by atoms with E-state index in [2.05, 4.69) is 9.97 Å². The first-order chi connectivity index (χ1) is 10.8. The van der Waals surface area contributed by atoms with Crippen LogP contribution in [0.3, 0.4) is 0 Å². The first-order valence-electron chi connectivity index (χ1n) is 7.15. The van der Waals surface area contributed by atoms with Crippen LogP contribution >= 0.6 is 12.4 Å². The molecule has 0 saturated heterocycles. The molecule has 2 aromatic carbocycles. The van der Waals surface area contributed by atoms with Gasteiger partial charge in [0.1, 0.15) is 12.4 Å². The number of nitrogens with two attached hydrogens (primary N) is 1. The van der Waals surface area contributed by atoms with E-state index in [1.54, 1.807) is 0 Å². The van der Waals surface area contributed by atoms with Gasteiger partial charge >= 0.3 is 0 Å². The Morgan fingerprint density at radius 1 is 0.870 bits per heavy atom. The van der Waals surface area contributed by atoms with E-state index in [-0.39, 0.29) is 12.4 Å². The van der Waals surface area contributed by atoms with Crippen LogP contribution in [0.15, 0.2) is 66.7 Å². The van der Waals surface area contributed by atoms with Gasteiger partial charge in [-0.2, -0.15) is 0 Å². The van der Waals surface area contributed by atoms with Crippen molar-refractivity contribution in [1.29, 1.82) is 0 Å². The van der Waals surface area contributed by atoms with Crippen LogP contribution in [-0.2, 0) is 13.2 Å². The zero-order chi connectivity index (χ0) is 15.2. The van der Waals surface area contributed by atoms with Crippen molar-refractivity contribution in [3.8, 4) is 17.0 Å². The number of rotatable bonds is 5. The summed E-state index contributed by atoms with van der Waals surface area (Å²) in [5.74, 6) is 1.43. The van der Waals surface area contributed by atoms with Gasteiger partial charge in [0.15, 0.2) is 5.82 Å². The summed E-state index contributed by atoms with van der Waals surface area (Å²) in [6.07, 6.45) is 0. The lowest BCUT2D eigenvalue weighted by atomic mass is 10.1. The SMILES string of the molecule is Cl.NCc1cc(-c2ccccc2)nc(COc2ccccc2)n1. The summed E-state index contributed by atoms with van der Waals surface area (Å²) in [6.45, 7) is 0.693. The largest absolute Gasteiger partial charge is 0.486 e. The van der Waals surface area contributed by atoms with Crippen LogP contribution in [0.4, 0.5) is 0 Å². The van der Waals surface area contributed by atoms with Gasteiger partial charge in [-0.3, -0.25) is 0 Å². The van der Waals surface area contributed by atoms with Gasteiger partial charge < -0.3 is 10.5 Å². The molecule has 4 nitrogen and oxygen atoms in total. The maximum atomic E-state index is 5.74. The monoisotopic (exact) mass is 327 g/mol. The third-order valence-electron chi connectivity index (χ3n) is 3.22. The van der Waals surface area contributed by atoms with Gasteiger partial charge in [-0.25, -0.2) is 9.97 Å². The molecule has 1 heterocycles. The van der Waals surface area contributed by atoms with Crippen molar-refractivity contribution in [2.75, 3.05) is 0 Å². The molecule has 0 atom stereocenters. The highest BCUT2D eigenvalue weighted by Crippen LogP contribution is 2.18. The lowest BCUT2D eigenvalue weighted by molar-refractivity contribution is 0.295. The molecule has 3 aromatic rings. The van der Waals surface area contributed by atoms with E-state index in [1.807, 2.05) is 66.7 Å². The third kappa shape index (κ3) is 4.52. The second-order valence-corrected chi connectivity index (χ2v) is 4.83. The molecule has 3 rings (SSSR count). The Morgan fingerprint density at radius 3 is 2.17 bits per heavy atom. The summed E-state index contributed by atoms with van der Waals surface area (Å²) in [7, 11) is 0. The van der Waals surface area contributed by atoms with E-state index in [4.69, 9.17) is 10.5 Å². The molecule has 0 aliphatic heterocycles. The topological polar surface area (TPSA) is 61.0 Å². The Kier molecular flexibility index (Phi) is 6.09. The summed E-state index contributed by atoms with van der Waals surface area (Å²) in [5, 5.41) is 0. The molecule has 118 valence electrons. The quantitative estimate of drug-likeness (QED) is 0.777. The first kappa shape index (κ1) is 16.9. The number of aromatic nitrogens is 2. The summed E-state index contributed by atoms with van der Waals surface area (Å²) in [5.41, 5.74) is 8.45. The molecule has 0 saturated carbocycles. The lowest BCUT2D eigenvalue weighted by Crippen LogP contribution is -2.08. The molecule has 2 N–H and O–H groups in total. The van der Waals surface area contributed by atoms with Crippen molar-refractivity contribution < 1.29 is 4.74 Å². The summed E-state index contributed by atoms with van der Waals surface area (Å²) in [6, 6.07) is 21.5. The molecule has 0 radical (unpaired) electrons. The number of hydrogen-bond donors (Lipinski definition) is 1. The van der Waals surface area contributed by atoms with Gasteiger partial charge in [0, 0.05) is 12.1 Å². The van der Waals surface area contributed by atoms with E-state index in [9.17, 15) is 0 Å². The first-order valence-corrected chi connectivity index (χ1v) is 7.15. The van der Waals surface area contributed by atoms with Crippen LogP contribution < -0.4 is 10.5 Å². The number of hydrogen-bond acceptors (Lipinski definition) is 4.